The minimum absolute atomic E-state index is 0.0817. The highest BCUT2D eigenvalue weighted by molar-refractivity contribution is 9.10. The second kappa shape index (κ2) is 5.29. The highest BCUT2D eigenvalue weighted by Gasteiger charge is 2.25. The summed E-state index contributed by atoms with van der Waals surface area (Å²) in [5, 5.41) is 3.29. The summed E-state index contributed by atoms with van der Waals surface area (Å²) in [6.07, 6.45) is 0. The lowest BCUT2D eigenvalue weighted by Crippen LogP contribution is -2.52. The molecule has 2 rings (SSSR count). The molecule has 4 heteroatoms. The summed E-state index contributed by atoms with van der Waals surface area (Å²) in [5.74, 6) is 0.190. The Hall–Kier alpha value is -0.710. The molecule has 1 aliphatic heterocycles. The summed E-state index contributed by atoms with van der Waals surface area (Å²) in [6, 6.07) is 5.77. The number of Topliss-reactive ketones (excluding diaryl/α,β-unsaturated/α-hetero) is 1. The van der Waals surface area contributed by atoms with E-state index in [1.807, 2.05) is 25.1 Å². The number of aryl methyl sites for hydroxylation is 1. The van der Waals surface area contributed by atoms with E-state index < -0.39 is 0 Å². The largest absolute Gasteiger partial charge is 0.305 e. The van der Waals surface area contributed by atoms with Crippen LogP contribution >= 0.6 is 15.9 Å². The van der Waals surface area contributed by atoms with Crippen LogP contribution in [0.15, 0.2) is 22.7 Å². The Bertz CT molecular complexity index is 433. The van der Waals surface area contributed by atoms with E-state index in [1.54, 1.807) is 0 Å². The number of piperazine rings is 1. The molecule has 1 N–H and O–H groups in total. The standard InChI is InChI=1S/C13H17BrN2O/c1-9-3-4-10(14)7-11(9)13(17)12-8-16(2)6-5-15-12/h3-4,7,12,15H,5-6,8H2,1-2H3. The maximum absolute atomic E-state index is 12.4. The normalized spacial score (nSPS) is 21.5. The number of ketones is 1. The molecule has 1 atom stereocenters. The van der Waals surface area contributed by atoms with Crippen LogP contribution in [0.3, 0.4) is 0 Å². The van der Waals surface area contributed by atoms with Gasteiger partial charge in [-0.15, -0.1) is 0 Å². The van der Waals surface area contributed by atoms with E-state index >= 15 is 0 Å². The predicted octanol–water partition coefficient (Wildman–Crippen LogP) is 1.84. The predicted molar refractivity (Wildman–Crippen MR) is 72.5 cm³/mol. The topological polar surface area (TPSA) is 32.3 Å². The van der Waals surface area contributed by atoms with Crippen molar-refractivity contribution in [2.75, 3.05) is 26.7 Å². The van der Waals surface area contributed by atoms with Crippen molar-refractivity contribution in [3.8, 4) is 0 Å². The van der Waals surface area contributed by atoms with E-state index in [0.29, 0.717) is 0 Å². The van der Waals surface area contributed by atoms with E-state index in [-0.39, 0.29) is 11.8 Å². The van der Waals surface area contributed by atoms with Crippen molar-refractivity contribution in [3.05, 3.63) is 33.8 Å². The first-order valence-electron chi connectivity index (χ1n) is 5.80. The number of rotatable bonds is 2. The Kier molecular flexibility index (Phi) is 3.97. The molecule has 0 aliphatic carbocycles. The van der Waals surface area contributed by atoms with Crippen molar-refractivity contribution >= 4 is 21.7 Å². The Labute approximate surface area is 110 Å². The smallest absolute Gasteiger partial charge is 0.181 e. The van der Waals surface area contributed by atoms with Gasteiger partial charge in [0.2, 0.25) is 0 Å². The summed E-state index contributed by atoms with van der Waals surface area (Å²) in [5.41, 5.74) is 1.85. The van der Waals surface area contributed by atoms with Gasteiger partial charge in [0.1, 0.15) is 0 Å². The molecule has 1 fully saturated rings. The highest BCUT2D eigenvalue weighted by atomic mass is 79.9. The summed E-state index contributed by atoms with van der Waals surface area (Å²) < 4.78 is 0.954. The van der Waals surface area contributed by atoms with Crippen LogP contribution in [0, 0.1) is 6.92 Å². The first kappa shape index (κ1) is 12.7. The molecule has 17 heavy (non-hydrogen) atoms. The van der Waals surface area contributed by atoms with E-state index in [0.717, 1.165) is 35.2 Å². The molecule has 0 amide bonds. The van der Waals surface area contributed by atoms with Gasteiger partial charge in [-0.25, -0.2) is 0 Å². The van der Waals surface area contributed by atoms with E-state index in [4.69, 9.17) is 0 Å². The Morgan fingerprint density at radius 3 is 3.00 bits per heavy atom. The second-order valence-corrected chi connectivity index (χ2v) is 5.51. The minimum Gasteiger partial charge on any atom is -0.305 e. The molecule has 1 aromatic rings. The maximum atomic E-state index is 12.4. The lowest BCUT2D eigenvalue weighted by Gasteiger charge is -2.30. The van der Waals surface area contributed by atoms with Crippen LogP contribution < -0.4 is 5.32 Å². The molecule has 0 saturated carbocycles. The monoisotopic (exact) mass is 296 g/mol. The maximum Gasteiger partial charge on any atom is 0.181 e. The number of nitrogens with one attached hydrogen (secondary N) is 1. The lowest BCUT2D eigenvalue weighted by atomic mass is 9.98. The summed E-state index contributed by atoms with van der Waals surface area (Å²) in [7, 11) is 2.05. The van der Waals surface area contributed by atoms with Gasteiger partial charge in [0.15, 0.2) is 5.78 Å². The van der Waals surface area contributed by atoms with Crippen LogP contribution in [0.1, 0.15) is 15.9 Å². The quantitative estimate of drug-likeness (QED) is 0.846. The Morgan fingerprint density at radius 2 is 2.29 bits per heavy atom. The molecular formula is C13H17BrN2O. The van der Waals surface area contributed by atoms with Crippen molar-refractivity contribution < 1.29 is 4.79 Å². The number of hydrogen-bond donors (Lipinski definition) is 1. The number of nitrogens with zero attached hydrogens (tertiary/aromatic N) is 1. The molecule has 92 valence electrons. The second-order valence-electron chi connectivity index (χ2n) is 4.59. The van der Waals surface area contributed by atoms with Crippen molar-refractivity contribution in [1.29, 1.82) is 0 Å². The van der Waals surface area contributed by atoms with Crippen molar-refractivity contribution in [2.45, 2.75) is 13.0 Å². The van der Waals surface area contributed by atoms with Gasteiger partial charge in [-0.3, -0.25) is 4.79 Å². The molecule has 0 aromatic heterocycles. The molecule has 1 saturated heterocycles. The minimum atomic E-state index is -0.0817. The van der Waals surface area contributed by atoms with Crippen molar-refractivity contribution in [2.24, 2.45) is 0 Å². The molecule has 3 nitrogen and oxygen atoms in total. The van der Waals surface area contributed by atoms with Crippen LogP contribution in [0.25, 0.3) is 0 Å². The van der Waals surface area contributed by atoms with Crippen LogP contribution in [-0.2, 0) is 0 Å². The third-order valence-electron chi connectivity index (χ3n) is 3.16. The fourth-order valence-corrected chi connectivity index (χ4v) is 2.48. The zero-order valence-corrected chi connectivity index (χ0v) is 11.8. The summed E-state index contributed by atoms with van der Waals surface area (Å²) in [6.45, 7) is 4.64. The average molecular weight is 297 g/mol. The fourth-order valence-electron chi connectivity index (χ4n) is 2.12. The number of benzene rings is 1. The molecule has 0 radical (unpaired) electrons. The highest BCUT2D eigenvalue weighted by Crippen LogP contribution is 2.18. The van der Waals surface area contributed by atoms with E-state index in [9.17, 15) is 4.79 Å². The van der Waals surface area contributed by atoms with Crippen LogP contribution in [-0.4, -0.2) is 43.4 Å². The molecule has 0 spiro atoms. The number of carbonyl (C=O) groups excluding carboxylic acids is 1. The zero-order valence-electron chi connectivity index (χ0n) is 10.2. The Balaban J connectivity index is 2.21. The van der Waals surface area contributed by atoms with Crippen molar-refractivity contribution in [3.63, 3.8) is 0 Å². The third kappa shape index (κ3) is 2.94. The van der Waals surface area contributed by atoms with Crippen LogP contribution in [0.4, 0.5) is 0 Å². The molecule has 1 aromatic carbocycles. The van der Waals surface area contributed by atoms with Gasteiger partial charge in [-0.2, -0.15) is 0 Å². The van der Waals surface area contributed by atoms with Gasteiger partial charge in [0, 0.05) is 29.7 Å². The van der Waals surface area contributed by atoms with Crippen molar-refractivity contribution in [1.82, 2.24) is 10.2 Å². The lowest BCUT2D eigenvalue weighted by molar-refractivity contribution is 0.0893. The van der Waals surface area contributed by atoms with Crippen LogP contribution in [0.5, 0.6) is 0 Å². The van der Waals surface area contributed by atoms with Gasteiger partial charge in [-0.05, 0) is 31.7 Å². The summed E-state index contributed by atoms with van der Waals surface area (Å²) >= 11 is 3.42. The molecule has 1 aliphatic rings. The van der Waals surface area contributed by atoms with Crippen LogP contribution in [0.2, 0.25) is 0 Å². The first-order chi connectivity index (χ1) is 8.08. The number of likely N-dealkylation sites (N-methyl/N-ethyl adjacent to an activating group) is 1. The Morgan fingerprint density at radius 1 is 1.53 bits per heavy atom. The SMILES string of the molecule is Cc1ccc(Br)cc1C(=O)C1CN(C)CCN1. The average Bonchev–Trinajstić information content (AvgIpc) is 2.31. The zero-order chi connectivity index (χ0) is 12.4. The fraction of sp³-hybridized carbons (Fsp3) is 0.462. The number of halogens is 1. The van der Waals surface area contributed by atoms with Gasteiger partial charge in [-0.1, -0.05) is 22.0 Å². The summed E-state index contributed by atoms with van der Waals surface area (Å²) in [4.78, 5) is 14.6. The van der Waals surface area contributed by atoms with Gasteiger partial charge < -0.3 is 10.2 Å². The number of carbonyl (C=O) groups is 1. The van der Waals surface area contributed by atoms with Gasteiger partial charge >= 0.3 is 0 Å². The third-order valence-corrected chi connectivity index (χ3v) is 3.65. The van der Waals surface area contributed by atoms with Gasteiger partial charge in [0.25, 0.3) is 0 Å². The molecule has 0 bridgehead atoms. The van der Waals surface area contributed by atoms with E-state index in [1.165, 1.54) is 0 Å². The number of hydrogen-bond acceptors (Lipinski definition) is 3. The molecule has 1 heterocycles. The van der Waals surface area contributed by atoms with E-state index in [2.05, 4.69) is 33.2 Å². The van der Waals surface area contributed by atoms with Gasteiger partial charge in [0.05, 0.1) is 6.04 Å². The first-order valence-corrected chi connectivity index (χ1v) is 6.59. The molecular weight excluding hydrogens is 280 g/mol. The molecule has 1 unspecified atom stereocenters.